The molecule has 0 aliphatic rings. The predicted octanol–water partition coefficient (Wildman–Crippen LogP) is 2.76. The van der Waals surface area contributed by atoms with Crippen molar-refractivity contribution in [1.29, 1.82) is 0 Å². The van der Waals surface area contributed by atoms with Gasteiger partial charge in [-0.25, -0.2) is 4.98 Å². The molecule has 0 saturated heterocycles. The number of carbonyl (C=O) groups excluding carboxylic acids is 1. The van der Waals surface area contributed by atoms with E-state index in [-0.39, 0.29) is 0 Å². The molecule has 0 spiro atoms. The van der Waals surface area contributed by atoms with E-state index in [2.05, 4.69) is 26.1 Å². The van der Waals surface area contributed by atoms with Crippen LogP contribution in [0.5, 0.6) is 0 Å². The Labute approximate surface area is 172 Å². The molecule has 1 aromatic carbocycles. The molecule has 0 saturated carbocycles. The number of aryl methyl sites for hydroxylation is 1. The van der Waals surface area contributed by atoms with Crippen molar-refractivity contribution in [1.82, 2.24) is 19.8 Å². The summed E-state index contributed by atoms with van der Waals surface area (Å²) in [5.41, 5.74) is 5.22. The van der Waals surface area contributed by atoms with Crippen molar-refractivity contribution >= 4 is 46.4 Å². The van der Waals surface area contributed by atoms with Crippen LogP contribution in [0, 0.1) is 6.92 Å². The fourth-order valence-electron chi connectivity index (χ4n) is 2.68. The van der Waals surface area contributed by atoms with Crippen LogP contribution >= 0.6 is 0 Å². The van der Waals surface area contributed by atoms with E-state index in [1.807, 2.05) is 56.6 Å². The molecule has 1 amide bonds. The molecule has 152 valence electrons. The van der Waals surface area contributed by atoms with E-state index >= 15 is 0 Å². The largest absolute Gasteiger partial charge is 0.612 e. The quantitative estimate of drug-likeness (QED) is 0.296. The highest BCUT2D eigenvalue weighted by Gasteiger charge is 2.15. The van der Waals surface area contributed by atoms with Crippen LogP contribution in [-0.4, -0.2) is 44.0 Å². The summed E-state index contributed by atoms with van der Waals surface area (Å²) in [4.78, 5) is 16.3. The first-order chi connectivity index (χ1) is 13.9. The maximum atomic E-state index is 12.1. The Morgan fingerprint density at radius 1 is 1.17 bits per heavy atom. The molecule has 1 atom stereocenters. The molecule has 10 heteroatoms. The lowest BCUT2D eigenvalue weighted by molar-refractivity contribution is -0.115. The van der Waals surface area contributed by atoms with Crippen molar-refractivity contribution in [2.24, 2.45) is 7.05 Å². The second-order valence-electron chi connectivity index (χ2n) is 6.43. The van der Waals surface area contributed by atoms with Crippen LogP contribution in [0.2, 0.25) is 0 Å². The van der Waals surface area contributed by atoms with Gasteiger partial charge < -0.3 is 15.2 Å². The van der Waals surface area contributed by atoms with Crippen molar-refractivity contribution in [3.05, 3.63) is 48.2 Å². The first kappa shape index (κ1) is 20.5. The molecule has 3 aromatic rings. The first-order valence-electron chi connectivity index (χ1n) is 8.80. The van der Waals surface area contributed by atoms with Crippen molar-refractivity contribution in [2.75, 3.05) is 29.4 Å². The zero-order chi connectivity index (χ0) is 21.0. The summed E-state index contributed by atoms with van der Waals surface area (Å²) in [5.74, 6) is 1.67. The lowest BCUT2D eigenvalue weighted by Crippen LogP contribution is -2.24. The SMILES string of the molecule is Cc1c(Nc2ccccc2[S+](C)[O-])cc(Nc2ccn(C)n2)nc1NN(C)C=O. The second kappa shape index (κ2) is 8.84. The standard InChI is InChI=1S/C19H23N7O2S/c1-13-15(20-14-7-5-6-8-16(14)29(4)28)11-18(21-17-9-10-25(2)23-17)22-19(13)24-26(3)12-27/h5-12H,1-4H3,(H3,20,21,22,23,24). The molecule has 0 bridgehead atoms. The molecular formula is C19H23N7O2S. The van der Waals surface area contributed by atoms with Crippen LogP contribution in [0.4, 0.5) is 28.8 Å². The average Bonchev–Trinajstić information content (AvgIpc) is 3.10. The number of hydrazine groups is 1. The maximum absolute atomic E-state index is 12.1. The Morgan fingerprint density at radius 2 is 1.93 bits per heavy atom. The molecule has 3 N–H and O–H groups in total. The molecule has 0 fully saturated rings. The van der Waals surface area contributed by atoms with E-state index in [0.717, 1.165) is 16.9 Å². The Morgan fingerprint density at radius 3 is 2.59 bits per heavy atom. The van der Waals surface area contributed by atoms with Gasteiger partial charge in [-0.2, -0.15) is 5.10 Å². The molecule has 2 heterocycles. The molecule has 1 unspecified atom stereocenters. The third-order valence-corrected chi connectivity index (χ3v) is 5.12. The lowest BCUT2D eigenvalue weighted by atomic mass is 10.2. The van der Waals surface area contributed by atoms with E-state index in [1.54, 1.807) is 18.0 Å². The summed E-state index contributed by atoms with van der Waals surface area (Å²) >= 11 is -1.15. The number of nitrogens with one attached hydrogen (secondary N) is 3. The summed E-state index contributed by atoms with van der Waals surface area (Å²) in [7, 11) is 3.42. The summed E-state index contributed by atoms with van der Waals surface area (Å²) in [6.07, 6.45) is 4.12. The van der Waals surface area contributed by atoms with Gasteiger partial charge in [-0.15, -0.1) is 0 Å². The minimum atomic E-state index is -1.15. The number of anilines is 5. The van der Waals surface area contributed by atoms with Gasteiger partial charge in [-0.05, 0) is 30.2 Å². The van der Waals surface area contributed by atoms with E-state index in [1.165, 1.54) is 5.01 Å². The molecule has 9 nitrogen and oxygen atoms in total. The number of aromatic nitrogens is 3. The molecule has 0 radical (unpaired) electrons. The highest BCUT2D eigenvalue weighted by atomic mass is 32.2. The van der Waals surface area contributed by atoms with Crippen molar-refractivity contribution in [3.63, 3.8) is 0 Å². The van der Waals surface area contributed by atoms with Gasteiger partial charge in [0.1, 0.15) is 12.1 Å². The van der Waals surface area contributed by atoms with E-state index in [4.69, 9.17) is 0 Å². The minimum absolute atomic E-state index is 0.498. The van der Waals surface area contributed by atoms with Crippen LogP contribution in [0.25, 0.3) is 0 Å². The van der Waals surface area contributed by atoms with Gasteiger partial charge in [-0.3, -0.25) is 19.9 Å². The Balaban J connectivity index is 2.01. The summed E-state index contributed by atoms with van der Waals surface area (Å²) < 4.78 is 13.8. The molecule has 0 aliphatic heterocycles. The number of benzene rings is 1. The number of carbonyl (C=O) groups is 1. The highest BCUT2D eigenvalue weighted by Crippen LogP contribution is 2.31. The van der Waals surface area contributed by atoms with Gasteiger partial charge in [0.25, 0.3) is 0 Å². The predicted molar refractivity (Wildman–Crippen MR) is 115 cm³/mol. The lowest BCUT2D eigenvalue weighted by Gasteiger charge is -2.20. The molecule has 2 aromatic heterocycles. The minimum Gasteiger partial charge on any atom is -0.612 e. The van der Waals surface area contributed by atoms with Crippen molar-refractivity contribution in [3.8, 4) is 0 Å². The Bertz CT molecular complexity index is 1010. The zero-order valence-electron chi connectivity index (χ0n) is 16.6. The number of hydrogen-bond donors (Lipinski definition) is 3. The van der Waals surface area contributed by atoms with Crippen molar-refractivity contribution < 1.29 is 9.35 Å². The topological polar surface area (TPSA) is 110 Å². The van der Waals surface area contributed by atoms with E-state index < -0.39 is 11.2 Å². The van der Waals surface area contributed by atoms with Crippen LogP contribution in [-0.2, 0) is 23.0 Å². The highest BCUT2D eigenvalue weighted by molar-refractivity contribution is 7.90. The van der Waals surface area contributed by atoms with Crippen LogP contribution < -0.4 is 16.1 Å². The smallest absolute Gasteiger partial charge is 0.227 e. The molecule has 3 rings (SSSR count). The van der Waals surface area contributed by atoms with Crippen LogP contribution in [0.15, 0.2) is 47.5 Å². The number of nitrogens with zero attached hydrogens (tertiary/aromatic N) is 4. The number of para-hydroxylation sites is 1. The number of rotatable bonds is 8. The normalized spacial score (nSPS) is 11.6. The van der Waals surface area contributed by atoms with Gasteiger partial charge in [-0.1, -0.05) is 12.1 Å². The van der Waals surface area contributed by atoms with Gasteiger partial charge in [0.2, 0.25) is 6.41 Å². The van der Waals surface area contributed by atoms with Crippen molar-refractivity contribution in [2.45, 2.75) is 11.8 Å². The third kappa shape index (κ3) is 4.98. The average molecular weight is 414 g/mol. The number of pyridine rings is 1. The van der Waals surface area contributed by atoms with E-state index in [9.17, 15) is 9.35 Å². The van der Waals surface area contributed by atoms with Crippen LogP contribution in [0.1, 0.15) is 5.56 Å². The summed E-state index contributed by atoms with van der Waals surface area (Å²) in [6, 6.07) is 11.1. The zero-order valence-corrected chi connectivity index (χ0v) is 17.4. The number of hydrogen-bond acceptors (Lipinski definition) is 7. The fraction of sp³-hybridized carbons (Fsp3) is 0.211. The monoisotopic (exact) mass is 413 g/mol. The Kier molecular flexibility index (Phi) is 6.25. The second-order valence-corrected chi connectivity index (χ2v) is 7.78. The third-order valence-electron chi connectivity index (χ3n) is 4.15. The number of amides is 1. The Hall–Kier alpha value is -3.24. The van der Waals surface area contributed by atoms with Gasteiger partial charge in [0, 0.05) is 43.7 Å². The maximum Gasteiger partial charge on any atom is 0.227 e. The fourth-order valence-corrected chi connectivity index (χ4v) is 3.38. The van der Waals surface area contributed by atoms with Gasteiger partial charge in [0.05, 0.1) is 5.69 Å². The first-order valence-corrected chi connectivity index (χ1v) is 10.4. The molecular weight excluding hydrogens is 390 g/mol. The summed E-state index contributed by atoms with van der Waals surface area (Å²) in [6.45, 7) is 1.88. The summed E-state index contributed by atoms with van der Waals surface area (Å²) in [5, 5.41) is 12.1. The van der Waals surface area contributed by atoms with Crippen LogP contribution in [0.3, 0.4) is 0 Å². The molecule has 29 heavy (non-hydrogen) atoms. The van der Waals surface area contributed by atoms with Gasteiger partial charge in [0.15, 0.2) is 16.5 Å². The van der Waals surface area contributed by atoms with Gasteiger partial charge >= 0.3 is 0 Å². The van der Waals surface area contributed by atoms with E-state index in [0.29, 0.717) is 28.8 Å². The molecule has 0 aliphatic carbocycles.